The van der Waals surface area contributed by atoms with Crippen molar-refractivity contribution in [1.82, 2.24) is 0 Å². The average Bonchev–Trinajstić information content (AvgIpc) is 2.04. The second kappa shape index (κ2) is 5.16. The highest BCUT2D eigenvalue weighted by Gasteiger charge is 2.21. The summed E-state index contributed by atoms with van der Waals surface area (Å²) >= 11 is 18.6. The summed E-state index contributed by atoms with van der Waals surface area (Å²) in [5, 5.41) is 0. The average molecular weight is 254 g/mol. The highest BCUT2D eigenvalue weighted by molar-refractivity contribution is 8.03. The Bertz CT molecular complexity index is 282. The molecule has 0 fully saturated rings. The molecule has 70 valence electrons. The van der Waals surface area contributed by atoms with Crippen LogP contribution in [-0.2, 0) is 0 Å². The molecule has 1 aromatic rings. The normalized spacial score (nSPS) is 12.2. The predicted octanol–water partition coefficient (Wildman–Crippen LogP) is 4.66. The summed E-state index contributed by atoms with van der Waals surface area (Å²) in [7, 11) is 0. The van der Waals surface area contributed by atoms with Gasteiger partial charge < -0.3 is 0 Å². The fourth-order valence-electron chi connectivity index (χ4n) is 0.753. The first-order valence-electron chi connectivity index (χ1n) is 3.54. The van der Waals surface area contributed by atoms with Crippen molar-refractivity contribution in [1.29, 1.82) is 0 Å². The Morgan fingerprint density at radius 1 is 1.15 bits per heavy atom. The molecule has 13 heavy (non-hydrogen) atoms. The van der Waals surface area contributed by atoms with Gasteiger partial charge in [0.25, 0.3) is 0 Å². The fraction of sp³-hybridized carbons (Fsp3) is 0.111. The minimum Gasteiger partial charge on any atom is -0.0932 e. The van der Waals surface area contributed by atoms with Gasteiger partial charge in [-0.15, -0.1) is 0 Å². The van der Waals surface area contributed by atoms with Gasteiger partial charge in [-0.25, -0.2) is 0 Å². The van der Waals surface area contributed by atoms with Crippen LogP contribution in [0.5, 0.6) is 0 Å². The molecule has 0 aromatic heterocycles. The van der Waals surface area contributed by atoms with Gasteiger partial charge in [-0.1, -0.05) is 64.8 Å². The van der Waals surface area contributed by atoms with Crippen LogP contribution < -0.4 is 0 Å². The van der Waals surface area contributed by atoms with E-state index < -0.39 is 3.67 Å². The summed E-state index contributed by atoms with van der Waals surface area (Å²) in [5.74, 6) is 0. The number of hydrogen-bond acceptors (Lipinski definition) is 1. The summed E-state index contributed by atoms with van der Waals surface area (Å²) < 4.78 is -0.997. The molecule has 0 amide bonds. The zero-order valence-electron chi connectivity index (χ0n) is 6.58. The van der Waals surface area contributed by atoms with Gasteiger partial charge in [0, 0.05) is 10.4 Å². The number of hydrogen-bond donors (Lipinski definition) is 0. The second-order valence-electron chi connectivity index (χ2n) is 2.27. The molecule has 0 heterocycles. The van der Waals surface area contributed by atoms with Gasteiger partial charge in [-0.2, -0.15) is 0 Å². The SMILES string of the molecule is ClC=CC(Cl)(Cl)Sc1ccccc1. The van der Waals surface area contributed by atoms with Crippen molar-refractivity contribution >= 4 is 46.6 Å². The molecule has 0 saturated heterocycles. The number of rotatable bonds is 3. The number of thioether (sulfide) groups is 1. The molecule has 0 radical (unpaired) electrons. The molecule has 0 N–H and O–H groups in total. The van der Waals surface area contributed by atoms with Gasteiger partial charge in [-0.3, -0.25) is 0 Å². The van der Waals surface area contributed by atoms with Crippen molar-refractivity contribution < 1.29 is 0 Å². The third-order valence-electron chi connectivity index (χ3n) is 1.25. The predicted molar refractivity (Wildman–Crippen MR) is 61.7 cm³/mol. The van der Waals surface area contributed by atoms with Gasteiger partial charge in [0.15, 0.2) is 3.67 Å². The van der Waals surface area contributed by atoms with Crippen LogP contribution in [0.25, 0.3) is 0 Å². The first kappa shape index (κ1) is 11.3. The third-order valence-corrected chi connectivity index (χ3v) is 3.01. The molecule has 0 bridgehead atoms. The van der Waals surface area contributed by atoms with E-state index in [4.69, 9.17) is 34.8 Å². The van der Waals surface area contributed by atoms with Crippen LogP contribution in [-0.4, -0.2) is 3.67 Å². The molecular weight excluding hydrogens is 247 g/mol. The summed E-state index contributed by atoms with van der Waals surface area (Å²) in [6.07, 6.45) is 1.52. The Kier molecular flexibility index (Phi) is 4.47. The molecule has 0 spiro atoms. The van der Waals surface area contributed by atoms with Gasteiger partial charge in [0.2, 0.25) is 0 Å². The summed E-state index contributed by atoms with van der Waals surface area (Å²) in [4.78, 5) is 1.00. The van der Waals surface area contributed by atoms with Gasteiger partial charge in [-0.05, 0) is 18.2 Å². The van der Waals surface area contributed by atoms with Gasteiger partial charge in [0.1, 0.15) is 0 Å². The Labute approximate surface area is 96.9 Å². The van der Waals surface area contributed by atoms with Crippen LogP contribution in [0.1, 0.15) is 0 Å². The van der Waals surface area contributed by atoms with E-state index in [0.29, 0.717) is 0 Å². The number of benzene rings is 1. The summed E-state index contributed by atoms with van der Waals surface area (Å²) in [6, 6.07) is 9.66. The second-order valence-corrected chi connectivity index (χ2v) is 5.68. The van der Waals surface area contributed by atoms with E-state index in [1.54, 1.807) is 0 Å². The highest BCUT2D eigenvalue weighted by Crippen LogP contribution is 2.41. The van der Waals surface area contributed by atoms with Crippen molar-refractivity contribution in [2.75, 3.05) is 0 Å². The Morgan fingerprint density at radius 2 is 1.77 bits per heavy atom. The zero-order valence-corrected chi connectivity index (χ0v) is 9.67. The monoisotopic (exact) mass is 252 g/mol. The van der Waals surface area contributed by atoms with Crippen molar-refractivity contribution in [2.24, 2.45) is 0 Å². The lowest BCUT2D eigenvalue weighted by Gasteiger charge is -2.13. The first-order chi connectivity index (χ1) is 6.14. The lowest BCUT2D eigenvalue weighted by molar-refractivity contribution is 1.41. The van der Waals surface area contributed by atoms with Crippen LogP contribution >= 0.6 is 46.6 Å². The smallest absolute Gasteiger partial charge is 0.0932 e. The topological polar surface area (TPSA) is 0 Å². The van der Waals surface area contributed by atoms with E-state index in [-0.39, 0.29) is 0 Å². The molecular formula is C9H7Cl3S. The largest absolute Gasteiger partial charge is 0.187 e. The molecule has 0 aliphatic heterocycles. The standard InChI is InChI=1S/C9H7Cl3S/c10-7-6-9(11,12)13-8-4-2-1-3-5-8/h1-7H. The summed E-state index contributed by atoms with van der Waals surface area (Å²) in [5.41, 5.74) is 1.32. The molecule has 0 aliphatic carbocycles. The van der Waals surface area contributed by atoms with Crippen molar-refractivity contribution in [3.05, 3.63) is 41.9 Å². The molecule has 0 aliphatic rings. The van der Waals surface area contributed by atoms with Gasteiger partial charge in [0.05, 0.1) is 0 Å². The number of halogens is 3. The molecule has 0 unspecified atom stereocenters. The van der Waals surface area contributed by atoms with Crippen molar-refractivity contribution in [3.8, 4) is 0 Å². The minimum absolute atomic E-state index is 0.997. The Hall–Kier alpha value is 0.180. The Morgan fingerprint density at radius 3 is 2.31 bits per heavy atom. The summed E-state index contributed by atoms with van der Waals surface area (Å²) in [6.45, 7) is 0. The minimum atomic E-state index is -0.997. The van der Waals surface area contributed by atoms with E-state index in [1.165, 1.54) is 23.4 Å². The van der Waals surface area contributed by atoms with E-state index in [0.717, 1.165) is 4.90 Å². The maximum atomic E-state index is 5.93. The van der Waals surface area contributed by atoms with Crippen LogP contribution in [0.4, 0.5) is 0 Å². The van der Waals surface area contributed by atoms with Crippen molar-refractivity contribution in [2.45, 2.75) is 8.56 Å². The van der Waals surface area contributed by atoms with Crippen LogP contribution in [0, 0.1) is 0 Å². The maximum absolute atomic E-state index is 5.93. The zero-order chi connectivity index (χ0) is 9.73. The fourth-order valence-corrected chi connectivity index (χ4v) is 2.55. The quantitative estimate of drug-likeness (QED) is 0.557. The van der Waals surface area contributed by atoms with Crippen molar-refractivity contribution in [3.63, 3.8) is 0 Å². The lowest BCUT2D eigenvalue weighted by atomic mass is 10.4. The first-order valence-corrected chi connectivity index (χ1v) is 5.55. The lowest BCUT2D eigenvalue weighted by Crippen LogP contribution is -2.00. The highest BCUT2D eigenvalue weighted by atomic mass is 35.5. The molecule has 0 atom stereocenters. The molecule has 1 aromatic carbocycles. The van der Waals surface area contributed by atoms with E-state index in [9.17, 15) is 0 Å². The third kappa shape index (κ3) is 4.28. The van der Waals surface area contributed by atoms with Crippen LogP contribution in [0.2, 0.25) is 0 Å². The van der Waals surface area contributed by atoms with E-state index >= 15 is 0 Å². The van der Waals surface area contributed by atoms with E-state index in [1.807, 2.05) is 30.3 Å². The molecule has 4 heteroatoms. The molecule has 0 saturated carbocycles. The number of alkyl halides is 2. The Balaban J connectivity index is 2.69. The molecule has 1 rings (SSSR count). The van der Waals surface area contributed by atoms with E-state index in [2.05, 4.69) is 0 Å². The van der Waals surface area contributed by atoms with Gasteiger partial charge >= 0.3 is 0 Å². The van der Waals surface area contributed by atoms with Crippen LogP contribution in [0.3, 0.4) is 0 Å². The molecule has 0 nitrogen and oxygen atoms in total. The van der Waals surface area contributed by atoms with Crippen LogP contribution in [0.15, 0.2) is 46.8 Å². The maximum Gasteiger partial charge on any atom is 0.187 e.